The summed E-state index contributed by atoms with van der Waals surface area (Å²) in [7, 11) is 0. The molecule has 1 aliphatic heterocycles. The molecule has 1 saturated heterocycles. The Morgan fingerprint density at radius 2 is 1.83 bits per heavy atom. The Morgan fingerprint density at radius 1 is 1.28 bits per heavy atom. The molecule has 6 nitrogen and oxygen atoms in total. The zero-order valence-corrected chi connectivity index (χ0v) is 10.8. The first-order valence-electron chi connectivity index (χ1n) is 5.70. The predicted octanol–water partition coefficient (Wildman–Crippen LogP) is 0.565. The van der Waals surface area contributed by atoms with Gasteiger partial charge in [0.15, 0.2) is 0 Å². The first-order valence-corrected chi connectivity index (χ1v) is 5.70. The molecule has 0 radical (unpaired) electrons. The summed E-state index contributed by atoms with van der Waals surface area (Å²) >= 11 is 0. The molecule has 18 heavy (non-hydrogen) atoms. The molecule has 1 heterocycles. The molecule has 0 saturated carbocycles. The number of imide groups is 1. The normalized spacial score (nSPS) is 13.4. The van der Waals surface area contributed by atoms with Crippen molar-refractivity contribution in [1.82, 2.24) is 5.32 Å². The second-order valence-corrected chi connectivity index (χ2v) is 3.58. The van der Waals surface area contributed by atoms with E-state index in [0.717, 1.165) is 0 Å². The van der Waals surface area contributed by atoms with E-state index in [1.54, 1.807) is 6.92 Å². The predicted molar refractivity (Wildman–Crippen MR) is 64.6 cm³/mol. The molecule has 2 amide bonds. The van der Waals surface area contributed by atoms with E-state index in [-0.39, 0.29) is 17.8 Å². The van der Waals surface area contributed by atoms with Gasteiger partial charge in [-0.25, -0.2) is 4.79 Å². The second kappa shape index (κ2) is 9.35. The van der Waals surface area contributed by atoms with Crippen LogP contribution >= 0.6 is 0 Å². The first-order chi connectivity index (χ1) is 8.47. The van der Waals surface area contributed by atoms with Crippen molar-refractivity contribution in [3.8, 4) is 0 Å². The highest BCUT2D eigenvalue weighted by atomic mass is 16.6. The molecule has 0 atom stereocenters. The van der Waals surface area contributed by atoms with Crippen LogP contribution in [0.4, 0.5) is 0 Å². The van der Waals surface area contributed by atoms with Gasteiger partial charge in [0.25, 0.3) is 0 Å². The van der Waals surface area contributed by atoms with Gasteiger partial charge in [-0.05, 0) is 13.8 Å². The molecule has 102 valence electrons. The van der Waals surface area contributed by atoms with E-state index in [0.29, 0.717) is 38.2 Å². The molecule has 0 aliphatic carbocycles. The van der Waals surface area contributed by atoms with E-state index < -0.39 is 0 Å². The Bertz CT molecular complexity index is 310. The Morgan fingerprint density at radius 3 is 2.17 bits per heavy atom. The fraction of sp³-hybridized carbons (Fsp3) is 0.583. The van der Waals surface area contributed by atoms with Crippen LogP contribution in [0, 0.1) is 0 Å². The van der Waals surface area contributed by atoms with Crippen molar-refractivity contribution < 1.29 is 23.9 Å². The average Bonchev–Trinajstić information content (AvgIpc) is 2.69. The number of nitrogens with one attached hydrogen (secondary N) is 1. The lowest BCUT2D eigenvalue weighted by atomic mass is 10.4. The van der Waals surface area contributed by atoms with Crippen LogP contribution < -0.4 is 5.32 Å². The fourth-order valence-electron chi connectivity index (χ4n) is 0.968. The molecule has 1 fully saturated rings. The van der Waals surface area contributed by atoms with Gasteiger partial charge in [0.1, 0.15) is 6.61 Å². The largest absolute Gasteiger partial charge is 0.460 e. The van der Waals surface area contributed by atoms with E-state index in [2.05, 4.69) is 11.9 Å². The van der Waals surface area contributed by atoms with Gasteiger partial charge in [-0.15, -0.1) is 0 Å². The summed E-state index contributed by atoms with van der Waals surface area (Å²) in [6.07, 6.45) is 0.748. The summed E-state index contributed by atoms with van der Waals surface area (Å²) in [5.74, 6) is -0.653. The Hall–Kier alpha value is -1.69. The van der Waals surface area contributed by atoms with Crippen LogP contribution in [0.15, 0.2) is 12.2 Å². The van der Waals surface area contributed by atoms with E-state index >= 15 is 0 Å². The van der Waals surface area contributed by atoms with Crippen molar-refractivity contribution in [3.63, 3.8) is 0 Å². The number of amides is 2. The number of esters is 1. The van der Waals surface area contributed by atoms with Crippen LogP contribution in [-0.2, 0) is 23.9 Å². The minimum absolute atomic E-state index is 0.148. The highest BCUT2D eigenvalue weighted by Gasteiger charge is 2.15. The maximum Gasteiger partial charge on any atom is 0.333 e. The van der Waals surface area contributed by atoms with E-state index in [4.69, 9.17) is 9.47 Å². The molecule has 0 aromatic carbocycles. The van der Waals surface area contributed by atoms with Gasteiger partial charge in [-0.2, -0.15) is 0 Å². The quantitative estimate of drug-likeness (QED) is 0.337. The number of rotatable bonds is 5. The molecule has 1 rings (SSSR count). The van der Waals surface area contributed by atoms with Crippen molar-refractivity contribution in [2.75, 3.05) is 19.8 Å². The lowest BCUT2D eigenvalue weighted by molar-refractivity contribution is -0.140. The second-order valence-electron chi connectivity index (χ2n) is 3.58. The minimum Gasteiger partial charge on any atom is -0.460 e. The topological polar surface area (TPSA) is 81.7 Å². The van der Waals surface area contributed by atoms with Crippen LogP contribution in [0.1, 0.15) is 26.7 Å². The number of hydrogen-bond acceptors (Lipinski definition) is 5. The van der Waals surface area contributed by atoms with E-state index in [9.17, 15) is 14.4 Å². The van der Waals surface area contributed by atoms with Crippen molar-refractivity contribution >= 4 is 17.8 Å². The van der Waals surface area contributed by atoms with Crippen LogP contribution in [0.25, 0.3) is 0 Å². The smallest absolute Gasteiger partial charge is 0.333 e. The third kappa shape index (κ3) is 8.46. The summed E-state index contributed by atoms with van der Waals surface area (Å²) in [4.78, 5) is 31.0. The van der Waals surface area contributed by atoms with Crippen LogP contribution in [0.3, 0.4) is 0 Å². The highest BCUT2D eigenvalue weighted by molar-refractivity contribution is 6.01. The van der Waals surface area contributed by atoms with Crippen LogP contribution in [-0.4, -0.2) is 37.6 Å². The third-order valence-corrected chi connectivity index (χ3v) is 1.87. The van der Waals surface area contributed by atoms with Gasteiger partial charge in [0.05, 0.1) is 6.61 Å². The highest BCUT2D eigenvalue weighted by Crippen LogP contribution is 1.95. The Kier molecular flexibility index (Phi) is 8.47. The third-order valence-electron chi connectivity index (χ3n) is 1.87. The molecule has 0 aromatic heterocycles. The SMILES string of the molecule is C=C(C)C(=O)OCCOCC.O=C1CCC(=O)N1. The number of carbonyl (C=O) groups is 3. The summed E-state index contributed by atoms with van der Waals surface area (Å²) < 4.78 is 9.70. The summed E-state index contributed by atoms with van der Waals surface area (Å²) in [6.45, 7) is 8.34. The molecule has 6 heteroatoms. The molecule has 1 aliphatic rings. The molecular formula is C12H19NO5. The van der Waals surface area contributed by atoms with Gasteiger partial charge in [0, 0.05) is 25.0 Å². The van der Waals surface area contributed by atoms with Gasteiger partial charge in [-0.1, -0.05) is 6.58 Å². The zero-order chi connectivity index (χ0) is 14.0. The molecule has 0 unspecified atom stereocenters. The number of ether oxygens (including phenoxy) is 2. The number of hydrogen-bond donors (Lipinski definition) is 1. The maximum atomic E-state index is 10.7. The van der Waals surface area contributed by atoms with Crippen molar-refractivity contribution in [3.05, 3.63) is 12.2 Å². The summed E-state index contributed by atoms with van der Waals surface area (Å²) in [5, 5.41) is 2.14. The monoisotopic (exact) mass is 257 g/mol. The van der Waals surface area contributed by atoms with Crippen LogP contribution in [0.2, 0.25) is 0 Å². The Labute approximate surface area is 106 Å². The van der Waals surface area contributed by atoms with E-state index in [1.807, 2.05) is 6.92 Å². The van der Waals surface area contributed by atoms with Crippen molar-refractivity contribution in [2.24, 2.45) is 0 Å². The van der Waals surface area contributed by atoms with Gasteiger partial charge in [0.2, 0.25) is 11.8 Å². The lowest BCUT2D eigenvalue weighted by Gasteiger charge is -2.03. The van der Waals surface area contributed by atoms with Crippen LogP contribution in [0.5, 0.6) is 0 Å². The molecule has 0 aromatic rings. The van der Waals surface area contributed by atoms with Gasteiger partial charge >= 0.3 is 5.97 Å². The lowest BCUT2D eigenvalue weighted by Crippen LogP contribution is -2.18. The summed E-state index contributed by atoms with van der Waals surface area (Å²) in [5.41, 5.74) is 0.418. The maximum absolute atomic E-state index is 10.7. The minimum atomic E-state index is -0.357. The standard InChI is InChI=1S/C8H14O3.C4H5NO2/c1-4-10-5-6-11-8(9)7(2)3;6-3-1-2-4(7)5-3/h2,4-6H2,1,3H3;1-2H2,(H,5,6,7). The van der Waals surface area contributed by atoms with Crippen molar-refractivity contribution in [1.29, 1.82) is 0 Å². The summed E-state index contributed by atoms with van der Waals surface area (Å²) in [6, 6.07) is 0. The molecule has 0 bridgehead atoms. The van der Waals surface area contributed by atoms with Crippen molar-refractivity contribution in [2.45, 2.75) is 26.7 Å². The molecular weight excluding hydrogens is 238 g/mol. The number of carbonyl (C=O) groups excluding carboxylic acids is 3. The van der Waals surface area contributed by atoms with Gasteiger partial charge in [-0.3, -0.25) is 14.9 Å². The Balaban J connectivity index is 0.000000351. The zero-order valence-electron chi connectivity index (χ0n) is 10.8. The molecule has 0 spiro atoms. The fourth-order valence-corrected chi connectivity index (χ4v) is 0.968. The first kappa shape index (κ1) is 16.3. The average molecular weight is 257 g/mol. The van der Waals surface area contributed by atoms with Gasteiger partial charge < -0.3 is 9.47 Å². The van der Waals surface area contributed by atoms with E-state index in [1.165, 1.54) is 0 Å². The molecule has 1 N–H and O–H groups in total.